The van der Waals surface area contributed by atoms with Crippen molar-refractivity contribution in [3.8, 4) is 11.5 Å². The Bertz CT molecular complexity index is 932. The van der Waals surface area contributed by atoms with Crippen LogP contribution in [0.1, 0.15) is 36.1 Å². The van der Waals surface area contributed by atoms with Crippen molar-refractivity contribution < 1.29 is 14.6 Å². The van der Waals surface area contributed by atoms with Crippen LogP contribution < -0.4 is 9.47 Å². The quantitative estimate of drug-likeness (QED) is 0.469. The third-order valence-corrected chi connectivity index (χ3v) is 5.82. The van der Waals surface area contributed by atoms with Gasteiger partial charge >= 0.3 is 0 Å². The van der Waals surface area contributed by atoms with Crippen LogP contribution in [0.25, 0.3) is 0 Å². The maximum absolute atomic E-state index is 12.0. The highest BCUT2D eigenvalue weighted by Crippen LogP contribution is 2.38. The van der Waals surface area contributed by atoms with Crippen molar-refractivity contribution in [1.82, 2.24) is 4.90 Å². The Hall–Kier alpha value is -2.82. The molecule has 3 rings (SSSR count). The summed E-state index contributed by atoms with van der Waals surface area (Å²) in [6, 6.07) is 23.3. The molecule has 1 unspecified atom stereocenters. The summed E-state index contributed by atoms with van der Waals surface area (Å²) in [5.74, 6) is 1.56. The molecule has 3 aromatic rings. The molecular weight excluding hydrogens is 386 g/mol. The highest BCUT2D eigenvalue weighted by Gasteiger charge is 2.33. The minimum atomic E-state index is -1.28. The van der Waals surface area contributed by atoms with E-state index in [-0.39, 0.29) is 0 Å². The van der Waals surface area contributed by atoms with E-state index >= 15 is 0 Å². The van der Waals surface area contributed by atoms with E-state index in [2.05, 4.69) is 18.7 Å². The van der Waals surface area contributed by atoms with Crippen LogP contribution in [-0.2, 0) is 5.60 Å². The maximum Gasteiger partial charge on any atom is 0.140 e. The zero-order valence-corrected chi connectivity index (χ0v) is 19.0. The Morgan fingerprint density at radius 2 is 1.19 bits per heavy atom. The molecule has 0 fully saturated rings. The Labute approximate surface area is 186 Å². The van der Waals surface area contributed by atoms with Gasteiger partial charge in [0.2, 0.25) is 0 Å². The molecule has 0 spiro atoms. The molecule has 0 heterocycles. The molecule has 0 aliphatic heterocycles. The number of hydrogen-bond donors (Lipinski definition) is 1. The van der Waals surface area contributed by atoms with Gasteiger partial charge in [-0.25, -0.2) is 0 Å². The van der Waals surface area contributed by atoms with E-state index in [1.807, 2.05) is 79.7 Å². The van der Waals surface area contributed by atoms with Crippen LogP contribution in [0.5, 0.6) is 11.5 Å². The first-order valence-electron chi connectivity index (χ1n) is 10.9. The zero-order chi connectivity index (χ0) is 22.3. The highest BCUT2D eigenvalue weighted by atomic mass is 16.5. The van der Waals surface area contributed by atoms with Gasteiger partial charge in [0.15, 0.2) is 0 Å². The Morgan fingerprint density at radius 3 is 1.65 bits per heavy atom. The molecule has 4 heteroatoms. The Morgan fingerprint density at radius 1 is 0.742 bits per heavy atom. The lowest BCUT2D eigenvalue weighted by atomic mass is 9.80. The van der Waals surface area contributed by atoms with Crippen LogP contribution in [-0.4, -0.2) is 43.4 Å². The van der Waals surface area contributed by atoms with Crippen LogP contribution in [0.15, 0.2) is 72.8 Å². The lowest BCUT2D eigenvalue weighted by molar-refractivity contribution is 0.125. The summed E-state index contributed by atoms with van der Waals surface area (Å²) in [5.41, 5.74) is 2.26. The van der Waals surface area contributed by atoms with E-state index in [1.165, 1.54) is 0 Å². The molecule has 0 saturated carbocycles. The molecule has 0 saturated heterocycles. The van der Waals surface area contributed by atoms with Gasteiger partial charge in [0.05, 0.1) is 7.11 Å². The number of ether oxygens (including phenoxy) is 2. The minimum Gasteiger partial charge on any atom is -0.497 e. The summed E-state index contributed by atoms with van der Waals surface area (Å²) >= 11 is 0. The van der Waals surface area contributed by atoms with Gasteiger partial charge in [-0.15, -0.1) is 0 Å². The summed E-state index contributed by atoms with van der Waals surface area (Å²) in [5, 5.41) is 12.0. The molecule has 3 aromatic carbocycles. The number of benzene rings is 3. The third-order valence-electron chi connectivity index (χ3n) is 5.82. The first-order valence-corrected chi connectivity index (χ1v) is 10.9. The number of hydrogen-bond acceptors (Lipinski definition) is 4. The van der Waals surface area contributed by atoms with E-state index < -0.39 is 5.60 Å². The van der Waals surface area contributed by atoms with E-state index in [1.54, 1.807) is 7.11 Å². The molecular formula is C27H33NO3. The molecule has 0 radical (unpaired) electrons. The third kappa shape index (κ3) is 5.27. The van der Waals surface area contributed by atoms with Gasteiger partial charge in [-0.2, -0.15) is 0 Å². The second-order valence-electron chi connectivity index (χ2n) is 7.70. The molecule has 0 aromatic heterocycles. The van der Waals surface area contributed by atoms with E-state index in [4.69, 9.17) is 9.47 Å². The summed E-state index contributed by atoms with van der Waals surface area (Å²) in [6.45, 7) is 9.93. The van der Waals surface area contributed by atoms with Gasteiger partial charge < -0.3 is 19.5 Å². The topological polar surface area (TPSA) is 41.9 Å². The van der Waals surface area contributed by atoms with Crippen molar-refractivity contribution in [2.75, 3.05) is 33.4 Å². The van der Waals surface area contributed by atoms with Gasteiger partial charge in [0.1, 0.15) is 23.7 Å². The van der Waals surface area contributed by atoms with Crippen molar-refractivity contribution in [2.45, 2.75) is 26.4 Å². The second kappa shape index (κ2) is 10.5. The number of rotatable bonds is 10. The fraction of sp³-hybridized carbons (Fsp3) is 0.333. The Balaban J connectivity index is 1.89. The maximum atomic E-state index is 12.0. The van der Waals surface area contributed by atoms with E-state index in [0.29, 0.717) is 6.61 Å². The SMILES string of the molecule is CCN(CC)CCOc1ccc(C(O)(c2ccc(C)cc2)c2ccc(OC)cc2)cc1. The van der Waals surface area contributed by atoms with Gasteiger partial charge in [-0.05, 0) is 61.0 Å². The van der Waals surface area contributed by atoms with Crippen LogP contribution in [0, 0.1) is 6.92 Å². The highest BCUT2D eigenvalue weighted by molar-refractivity contribution is 5.49. The minimum absolute atomic E-state index is 0.641. The van der Waals surface area contributed by atoms with Crippen molar-refractivity contribution >= 4 is 0 Å². The predicted molar refractivity (Wildman–Crippen MR) is 126 cm³/mol. The van der Waals surface area contributed by atoms with Crippen molar-refractivity contribution in [1.29, 1.82) is 0 Å². The molecule has 1 atom stereocenters. The van der Waals surface area contributed by atoms with Crippen LogP contribution >= 0.6 is 0 Å². The van der Waals surface area contributed by atoms with Crippen molar-refractivity contribution in [3.63, 3.8) is 0 Å². The molecule has 0 aliphatic rings. The van der Waals surface area contributed by atoms with Crippen molar-refractivity contribution in [3.05, 3.63) is 95.1 Å². The summed E-state index contributed by atoms with van der Waals surface area (Å²) in [4.78, 5) is 2.33. The number of nitrogens with zero attached hydrogens (tertiary/aromatic N) is 1. The first kappa shape index (κ1) is 22.9. The van der Waals surface area contributed by atoms with Crippen LogP contribution in [0.2, 0.25) is 0 Å². The first-order chi connectivity index (χ1) is 15.0. The molecule has 164 valence electrons. The average Bonchev–Trinajstić information content (AvgIpc) is 2.82. The summed E-state index contributed by atoms with van der Waals surface area (Å²) < 4.78 is 11.2. The fourth-order valence-electron chi connectivity index (χ4n) is 3.75. The van der Waals surface area contributed by atoms with E-state index in [0.717, 1.165) is 53.4 Å². The smallest absolute Gasteiger partial charge is 0.140 e. The van der Waals surface area contributed by atoms with Crippen LogP contribution in [0.4, 0.5) is 0 Å². The van der Waals surface area contributed by atoms with Gasteiger partial charge in [-0.3, -0.25) is 0 Å². The lowest BCUT2D eigenvalue weighted by Gasteiger charge is -2.30. The number of aryl methyl sites for hydroxylation is 1. The molecule has 0 bridgehead atoms. The second-order valence-corrected chi connectivity index (χ2v) is 7.70. The van der Waals surface area contributed by atoms with Crippen molar-refractivity contribution in [2.24, 2.45) is 0 Å². The standard InChI is InChI=1S/C27H33NO3/c1-5-28(6-2)19-20-31-26-17-13-24(14-18-26)27(29,22-9-7-21(3)8-10-22)23-11-15-25(30-4)16-12-23/h7-18,29H,5-6,19-20H2,1-4H3. The number of likely N-dealkylation sites (N-methyl/N-ethyl adjacent to an activating group) is 1. The molecule has 0 amide bonds. The lowest BCUT2D eigenvalue weighted by Crippen LogP contribution is -2.29. The molecule has 0 aliphatic carbocycles. The largest absolute Gasteiger partial charge is 0.497 e. The van der Waals surface area contributed by atoms with Gasteiger partial charge in [0, 0.05) is 6.54 Å². The number of methoxy groups -OCH3 is 1. The van der Waals surface area contributed by atoms with E-state index in [9.17, 15) is 5.11 Å². The summed E-state index contributed by atoms with van der Waals surface area (Å²) in [6.07, 6.45) is 0. The molecule has 1 N–H and O–H groups in total. The molecule has 31 heavy (non-hydrogen) atoms. The predicted octanol–water partition coefficient (Wildman–Crippen LogP) is 5.01. The van der Waals surface area contributed by atoms with Gasteiger partial charge in [0.25, 0.3) is 0 Å². The summed E-state index contributed by atoms with van der Waals surface area (Å²) in [7, 11) is 1.64. The average molecular weight is 420 g/mol. The fourth-order valence-corrected chi connectivity index (χ4v) is 3.75. The Kier molecular flexibility index (Phi) is 7.72. The van der Waals surface area contributed by atoms with Gasteiger partial charge in [-0.1, -0.05) is 67.9 Å². The zero-order valence-electron chi connectivity index (χ0n) is 19.0. The molecule has 4 nitrogen and oxygen atoms in total. The normalized spacial score (nSPS) is 13.1. The van der Waals surface area contributed by atoms with Crippen LogP contribution in [0.3, 0.4) is 0 Å². The number of aliphatic hydroxyl groups is 1. The monoisotopic (exact) mass is 419 g/mol.